The maximum atomic E-state index is 8.61. The Balaban J connectivity index is 1.08. The molecule has 6 nitrogen and oxygen atoms in total. The van der Waals surface area contributed by atoms with Crippen molar-refractivity contribution in [2.75, 3.05) is 4.90 Å². The Kier molecular flexibility index (Phi) is 6.69. The molecule has 0 bridgehead atoms. The normalized spacial score (nSPS) is 11.6. The number of rotatable bonds is 5. The maximum absolute atomic E-state index is 8.61. The molecule has 10 aromatic rings. The van der Waals surface area contributed by atoms with E-state index in [1.807, 2.05) is 54.6 Å². The molecule has 0 fully saturated rings. The van der Waals surface area contributed by atoms with Gasteiger partial charge >= 0.3 is 0 Å². The van der Waals surface area contributed by atoms with Gasteiger partial charge < -0.3 is 18.5 Å². The summed E-state index contributed by atoms with van der Waals surface area (Å²) in [6, 6.07) is 54.6. The summed E-state index contributed by atoms with van der Waals surface area (Å²) in [5.74, 6) is -0.172. The van der Waals surface area contributed by atoms with Gasteiger partial charge in [0.15, 0.2) is 0 Å². The second-order valence-corrected chi connectivity index (χ2v) is 13.0. The number of hydrogen-bond acceptors (Lipinski definition) is 6. The van der Waals surface area contributed by atoms with E-state index in [1.54, 1.807) is 12.1 Å². The molecule has 52 heavy (non-hydrogen) atoms. The Morgan fingerprint density at radius 1 is 0.385 bits per heavy atom. The van der Waals surface area contributed by atoms with Crippen molar-refractivity contribution in [3.05, 3.63) is 175 Å². The minimum atomic E-state index is -0.0980. The molecule has 0 spiro atoms. The molecule has 0 aliphatic carbocycles. The highest BCUT2D eigenvalue weighted by Gasteiger charge is 2.19. The summed E-state index contributed by atoms with van der Waals surface area (Å²) in [7, 11) is 0. The van der Waals surface area contributed by atoms with Gasteiger partial charge in [-0.2, -0.15) is 0 Å². The minimum absolute atomic E-state index is 0.0737. The van der Waals surface area contributed by atoms with Gasteiger partial charge in [-0.15, -0.1) is 0 Å². The largest absolute Gasteiger partial charge is 0.456 e. The van der Waals surface area contributed by atoms with Crippen LogP contribution in [0.15, 0.2) is 173 Å². The SMILES string of the molecule is N=C(OC(=N)c1ccc(N(c2ccc3c(c2)oc2cc4ccccc4cc23)c2ccc3c(c2)oc2cc4ccccc4cc23)cc1)c1ccccc1. The van der Waals surface area contributed by atoms with E-state index in [2.05, 4.69) is 102 Å². The van der Waals surface area contributed by atoms with Crippen molar-refractivity contribution in [1.82, 2.24) is 0 Å². The van der Waals surface area contributed by atoms with Gasteiger partial charge in [-0.3, -0.25) is 10.8 Å². The lowest BCUT2D eigenvalue weighted by Gasteiger charge is -2.25. The highest BCUT2D eigenvalue weighted by molar-refractivity contribution is 6.12. The van der Waals surface area contributed by atoms with Crippen LogP contribution in [-0.4, -0.2) is 11.8 Å². The van der Waals surface area contributed by atoms with Crippen LogP contribution in [0.25, 0.3) is 65.4 Å². The molecule has 6 heteroatoms. The van der Waals surface area contributed by atoms with E-state index in [-0.39, 0.29) is 11.8 Å². The highest BCUT2D eigenvalue weighted by atomic mass is 16.5. The van der Waals surface area contributed by atoms with Crippen LogP contribution in [0.2, 0.25) is 0 Å². The zero-order chi connectivity index (χ0) is 34.8. The summed E-state index contributed by atoms with van der Waals surface area (Å²) in [5.41, 5.74) is 7.12. The van der Waals surface area contributed by atoms with Gasteiger partial charge in [0.05, 0.1) is 0 Å². The third-order valence-corrected chi connectivity index (χ3v) is 9.79. The number of hydrogen-bond donors (Lipinski definition) is 2. The Labute approximate surface area is 297 Å². The molecule has 0 aliphatic heterocycles. The summed E-state index contributed by atoms with van der Waals surface area (Å²) in [4.78, 5) is 2.16. The van der Waals surface area contributed by atoms with Crippen molar-refractivity contribution >= 4 is 94.3 Å². The number of anilines is 3. The minimum Gasteiger partial charge on any atom is -0.456 e. The second-order valence-electron chi connectivity index (χ2n) is 13.0. The topological polar surface area (TPSA) is 86.5 Å². The molecule has 10 rings (SSSR count). The maximum Gasteiger partial charge on any atom is 0.221 e. The molecule has 2 heterocycles. The standard InChI is InChI=1S/C46H29N3O3/c47-45(28-8-2-1-3-9-28)52-46(48)29-14-16-34(17-15-29)49(35-18-20-37-39-22-30-10-4-6-12-32(30)24-41(39)50-43(37)26-35)36-19-21-38-40-23-31-11-5-7-13-33(31)25-42(40)51-44(38)27-36/h1-27,47-48H. The predicted molar refractivity (Wildman–Crippen MR) is 212 cm³/mol. The molecule has 0 saturated heterocycles. The monoisotopic (exact) mass is 671 g/mol. The molecule has 2 aromatic heterocycles. The zero-order valence-corrected chi connectivity index (χ0v) is 27.8. The van der Waals surface area contributed by atoms with E-state index in [9.17, 15) is 0 Å². The van der Waals surface area contributed by atoms with Crippen LogP contribution in [-0.2, 0) is 4.74 Å². The van der Waals surface area contributed by atoms with Gasteiger partial charge in [0.2, 0.25) is 11.8 Å². The Bertz CT molecular complexity index is 2880. The molecule has 2 N–H and O–H groups in total. The third-order valence-electron chi connectivity index (χ3n) is 9.79. The summed E-state index contributed by atoms with van der Waals surface area (Å²) in [6.07, 6.45) is 0. The predicted octanol–water partition coefficient (Wildman–Crippen LogP) is 12.6. The van der Waals surface area contributed by atoms with Crippen molar-refractivity contribution in [3.63, 3.8) is 0 Å². The van der Waals surface area contributed by atoms with E-state index < -0.39 is 0 Å². The molecule has 8 aromatic carbocycles. The lowest BCUT2D eigenvalue weighted by atomic mass is 10.0. The summed E-state index contributed by atoms with van der Waals surface area (Å²) < 4.78 is 18.6. The van der Waals surface area contributed by atoms with E-state index >= 15 is 0 Å². The fourth-order valence-electron chi connectivity index (χ4n) is 7.20. The van der Waals surface area contributed by atoms with Crippen LogP contribution in [0, 0.1) is 10.8 Å². The molecule has 0 amide bonds. The summed E-state index contributed by atoms with van der Waals surface area (Å²) in [6.45, 7) is 0. The number of nitrogens with one attached hydrogen (secondary N) is 2. The van der Waals surface area contributed by atoms with Crippen LogP contribution < -0.4 is 4.90 Å². The fourth-order valence-corrected chi connectivity index (χ4v) is 7.20. The van der Waals surface area contributed by atoms with Crippen LogP contribution >= 0.6 is 0 Å². The van der Waals surface area contributed by atoms with Gasteiger partial charge in [-0.1, -0.05) is 66.7 Å². The molecule has 0 radical (unpaired) electrons. The van der Waals surface area contributed by atoms with Crippen molar-refractivity contribution in [2.45, 2.75) is 0 Å². The van der Waals surface area contributed by atoms with Crippen LogP contribution in [0.5, 0.6) is 0 Å². The molecule has 0 aliphatic rings. The number of ether oxygens (including phenoxy) is 1. The lowest BCUT2D eigenvalue weighted by Crippen LogP contribution is -2.13. The number of furan rings is 2. The zero-order valence-electron chi connectivity index (χ0n) is 27.8. The molecule has 0 atom stereocenters. The van der Waals surface area contributed by atoms with Gasteiger partial charge in [-0.05, 0) is 106 Å². The molecular formula is C46H29N3O3. The van der Waals surface area contributed by atoms with Crippen molar-refractivity contribution in [3.8, 4) is 0 Å². The average molecular weight is 672 g/mol. The Hall–Kier alpha value is -7.18. The van der Waals surface area contributed by atoms with Crippen LogP contribution in [0.3, 0.4) is 0 Å². The lowest BCUT2D eigenvalue weighted by molar-refractivity contribution is 0.538. The van der Waals surface area contributed by atoms with E-state index in [1.165, 1.54) is 10.8 Å². The Morgan fingerprint density at radius 3 is 1.29 bits per heavy atom. The van der Waals surface area contributed by atoms with Crippen molar-refractivity contribution in [1.29, 1.82) is 10.8 Å². The second kappa shape index (κ2) is 11.7. The molecule has 0 saturated carbocycles. The molecular weight excluding hydrogens is 643 g/mol. The number of fused-ring (bicyclic) bond motifs is 8. The van der Waals surface area contributed by atoms with Crippen molar-refractivity contribution < 1.29 is 13.6 Å². The highest BCUT2D eigenvalue weighted by Crippen LogP contribution is 2.42. The first-order valence-electron chi connectivity index (χ1n) is 17.1. The quantitative estimate of drug-likeness (QED) is 0.141. The van der Waals surface area contributed by atoms with Crippen LogP contribution in [0.1, 0.15) is 11.1 Å². The summed E-state index contributed by atoms with van der Waals surface area (Å²) >= 11 is 0. The van der Waals surface area contributed by atoms with Crippen LogP contribution in [0.4, 0.5) is 17.1 Å². The molecule has 0 unspecified atom stereocenters. The van der Waals surface area contributed by atoms with Gasteiger partial charge in [0, 0.05) is 61.9 Å². The first-order valence-corrected chi connectivity index (χ1v) is 17.1. The van der Waals surface area contributed by atoms with E-state index in [0.717, 1.165) is 71.7 Å². The van der Waals surface area contributed by atoms with Gasteiger partial charge in [-0.25, -0.2) is 0 Å². The average Bonchev–Trinajstić information content (AvgIpc) is 3.72. The van der Waals surface area contributed by atoms with E-state index in [4.69, 9.17) is 24.4 Å². The van der Waals surface area contributed by atoms with Crippen molar-refractivity contribution in [2.24, 2.45) is 0 Å². The third kappa shape index (κ3) is 4.96. The first kappa shape index (κ1) is 29.7. The van der Waals surface area contributed by atoms with Gasteiger partial charge in [0.1, 0.15) is 22.3 Å². The fraction of sp³-hybridized carbons (Fsp3) is 0. The van der Waals surface area contributed by atoms with Gasteiger partial charge in [0.25, 0.3) is 0 Å². The Morgan fingerprint density at radius 2 is 0.788 bits per heavy atom. The smallest absolute Gasteiger partial charge is 0.221 e. The molecule has 246 valence electrons. The summed E-state index contributed by atoms with van der Waals surface area (Å²) in [5, 5.41) is 25.8. The number of benzene rings is 8. The number of nitrogens with zero attached hydrogens (tertiary/aromatic N) is 1. The first-order chi connectivity index (χ1) is 25.6. The van der Waals surface area contributed by atoms with E-state index in [0.29, 0.717) is 11.1 Å².